The van der Waals surface area contributed by atoms with Crippen LogP contribution in [0.3, 0.4) is 0 Å². The topological polar surface area (TPSA) is 79.2 Å². The molecule has 0 spiro atoms. The molecule has 150 valence electrons. The molecule has 0 fully saturated rings. The normalized spacial score (nSPS) is 17.7. The number of amides is 1. The fraction of sp³-hybridized carbons (Fsp3) is 0.348. The highest BCUT2D eigenvalue weighted by Crippen LogP contribution is 2.45. The molecular weight excluding hydrogens is 384 g/mol. The summed E-state index contributed by atoms with van der Waals surface area (Å²) in [6.45, 7) is 5.66. The number of anilines is 1. The number of carbonyl (C=O) groups excluding carboxylic acids is 2. The molecule has 0 bridgehead atoms. The van der Waals surface area contributed by atoms with Gasteiger partial charge >= 0.3 is 5.97 Å². The van der Waals surface area contributed by atoms with Crippen LogP contribution >= 0.6 is 11.3 Å². The largest absolute Gasteiger partial charge is 0.462 e. The van der Waals surface area contributed by atoms with Crippen LogP contribution in [0.15, 0.2) is 43.0 Å². The zero-order chi connectivity index (χ0) is 20.9. The molecule has 1 amide bonds. The Bertz CT molecular complexity index is 958. The second-order valence-electron chi connectivity index (χ2n) is 7.04. The molecule has 29 heavy (non-hydrogen) atoms. The molecule has 0 saturated heterocycles. The van der Waals surface area contributed by atoms with E-state index in [2.05, 4.69) is 18.0 Å². The fourth-order valence-electron chi connectivity index (χ4n) is 3.71. The maximum Gasteiger partial charge on any atom is 0.341 e. The Morgan fingerprint density at radius 3 is 2.79 bits per heavy atom. The van der Waals surface area contributed by atoms with Gasteiger partial charge in [-0.25, -0.2) is 4.79 Å². The number of rotatable bonds is 7. The third-order valence-electron chi connectivity index (χ3n) is 5.20. The zero-order valence-electron chi connectivity index (χ0n) is 16.5. The molecule has 1 aliphatic carbocycles. The van der Waals surface area contributed by atoms with Crippen molar-refractivity contribution in [2.75, 3.05) is 11.9 Å². The molecule has 0 radical (unpaired) electrons. The molecule has 1 atom stereocenters. The monoisotopic (exact) mass is 408 g/mol. The van der Waals surface area contributed by atoms with Crippen molar-refractivity contribution >= 4 is 28.2 Å². The Morgan fingerprint density at radius 1 is 1.38 bits per heavy atom. The smallest absolute Gasteiger partial charge is 0.341 e. The molecule has 1 heterocycles. The molecule has 1 aromatic carbocycles. The Labute approximate surface area is 175 Å². The molecule has 1 aliphatic rings. The van der Waals surface area contributed by atoms with Crippen molar-refractivity contribution in [1.82, 2.24) is 0 Å². The number of fused-ring (bicyclic) bond motifs is 1. The summed E-state index contributed by atoms with van der Waals surface area (Å²) >= 11 is 1.38. The highest BCUT2D eigenvalue weighted by molar-refractivity contribution is 7.17. The van der Waals surface area contributed by atoms with Gasteiger partial charge in [-0.15, -0.1) is 17.9 Å². The third kappa shape index (κ3) is 4.25. The Balaban J connectivity index is 1.99. The van der Waals surface area contributed by atoms with Crippen molar-refractivity contribution in [1.29, 1.82) is 5.26 Å². The minimum atomic E-state index is -0.630. The summed E-state index contributed by atoms with van der Waals surface area (Å²) in [6.07, 6.45) is 4.28. The van der Waals surface area contributed by atoms with Crippen molar-refractivity contribution in [3.8, 4) is 6.07 Å². The van der Waals surface area contributed by atoms with Gasteiger partial charge in [0.05, 0.1) is 23.7 Å². The lowest BCUT2D eigenvalue weighted by Crippen LogP contribution is -2.31. The first-order chi connectivity index (χ1) is 14.0. The third-order valence-corrected chi connectivity index (χ3v) is 6.35. The number of esters is 1. The highest BCUT2D eigenvalue weighted by Gasteiger charge is 2.40. The molecule has 3 rings (SSSR count). The van der Waals surface area contributed by atoms with E-state index in [0.717, 1.165) is 16.0 Å². The first-order valence-corrected chi connectivity index (χ1v) is 10.6. The standard InChI is InChI=1S/C23H24N2O3S/c1-3-5-11-19(26)25-21-20(22(27)28-4-2)17-12-13-23(15-24,14-18(17)29-21)16-9-7-6-8-10-16/h3,6-10H,1,4-5,11-14H2,2H3,(H,25,26)/t23-/m0/s1. The lowest BCUT2D eigenvalue weighted by atomic mass is 9.70. The van der Waals surface area contributed by atoms with Crippen LogP contribution in [-0.4, -0.2) is 18.5 Å². The van der Waals surface area contributed by atoms with E-state index in [1.807, 2.05) is 30.3 Å². The zero-order valence-corrected chi connectivity index (χ0v) is 17.3. The summed E-state index contributed by atoms with van der Waals surface area (Å²) in [5.41, 5.74) is 1.69. The maximum absolute atomic E-state index is 12.6. The molecule has 0 aliphatic heterocycles. The van der Waals surface area contributed by atoms with Gasteiger partial charge in [0.1, 0.15) is 5.00 Å². The van der Waals surface area contributed by atoms with Gasteiger partial charge in [-0.2, -0.15) is 5.26 Å². The SMILES string of the molecule is C=CCCC(=O)Nc1sc2c(c1C(=O)OCC)CC[C@](C#N)(c1ccccc1)C2. The van der Waals surface area contributed by atoms with Crippen LogP contribution in [0.1, 0.15) is 52.5 Å². The van der Waals surface area contributed by atoms with Gasteiger partial charge in [-0.3, -0.25) is 4.79 Å². The van der Waals surface area contributed by atoms with Crippen LogP contribution in [-0.2, 0) is 27.8 Å². The van der Waals surface area contributed by atoms with Crippen molar-refractivity contribution in [2.45, 2.75) is 44.4 Å². The molecule has 2 aromatic rings. The minimum Gasteiger partial charge on any atom is -0.462 e. The lowest BCUT2D eigenvalue weighted by Gasteiger charge is -2.31. The van der Waals surface area contributed by atoms with E-state index in [1.165, 1.54) is 11.3 Å². The molecule has 1 aromatic heterocycles. The summed E-state index contributed by atoms with van der Waals surface area (Å²) in [5.74, 6) is -0.586. The average Bonchev–Trinajstić information content (AvgIpc) is 3.09. The summed E-state index contributed by atoms with van der Waals surface area (Å²) in [4.78, 5) is 25.9. The van der Waals surface area contributed by atoms with Crippen LogP contribution in [0.5, 0.6) is 0 Å². The van der Waals surface area contributed by atoms with E-state index in [9.17, 15) is 14.9 Å². The lowest BCUT2D eigenvalue weighted by molar-refractivity contribution is -0.116. The second-order valence-corrected chi connectivity index (χ2v) is 8.15. The number of nitriles is 1. The van der Waals surface area contributed by atoms with E-state index in [4.69, 9.17) is 4.74 Å². The molecule has 0 saturated carbocycles. The highest BCUT2D eigenvalue weighted by atomic mass is 32.1. The predicted octanol–water partition coefficient (Wildman–Crippen LogP) is 4.78. The summed E-state index contributed by atoms with van der Waals surface area (Å²) < 4.78 is 5.25. The van der Waals surface area contributed by atoms with Crippen LogP contribution in [0, 0.1) is 11.3 Å². The van der Waals surface area contributed by atoms with Gasteiger partial charge in [0, 0.05) is 17.7 Å². The van der Waals surface area contributed by atoms with E-state index < -0.39 is 11.4 Å². The van der Waals surface area contributed by atoms with Crippen molar-refractivity contribution < 1.29 is 14.3 Å². The molecule has 5 nitrogen and oxygen atoms in total. The molecule has 6 heteroatoms. The number of hydrogen-bond donors (Lipinski definition) is 1. The van der Waals surface area contributed by atoms with Crippen molar-refractivity contribution in [3.63, 3.8) is 0 Å². The van der Waals surface area contributed by atoms with Crippen LogP contribution < -0.4 is 5.32 Å². The summed E-state index contributed by atoms with van der Waals surface area (Å²) in [6, 6.07) is 12.3. The number of carbonyl (C=O) groups is 2. The van der Waals surface area contributed by atoms with Gasteiger partial charge in [0.2, 0.25) is 5.91 Å². The van der Waals surface area contributed by atoms with Crippen LogP contribution in [0.2, 0.25) is 0 Å². The quantitative estimate of drug-likeness (QED) is 0.528. The average molecular weight is 409 g/mol. The van der Waals surface area contributed by atoms with Gasteiger partial charge in [-0.05, 0) is 37.3 Å². The van der Waals surface area contributed by atoms with Crippen molar-refractivity contribution in [2.24, 2.45) is 0 Å². The number of nitrogens with zero attached hydrogens (tertiary/aromatic N) is 1. The maximum atomic E-state index is 12.6. The number of allylic oxidation sites excluding steroid dienone is 1. The van der Waals surface area contributed by atoms with Crippen LogP contribution in [0.25, 0.3) is 0 Å². The Kier molecular flexibility index (Phi) is 6.50. The van der Waals surface area contributed by atoms with Crippen LogP contribution in [0.4, 0.5) is 5.00 Å². The predicted molar refractivity (Wildman–Crippen MR) is 114 cm³/mol. The number of thiophene rings is 1. The summed E-state index contributed by atoms with van der Waals surface area (Å²) in [7, 11) is 0. The van der Waals surface area contributed by atoms with Gasteiger partial charge in [0.15, 0.2) is 0 Å². The van der Waals surface area contributed by atoms with E-state index in [1.54, 1.807) is 13.0 Å². The fourth-order valence-corrected chi connectivity index (χ4v) is 5.08. The molecule has 0 unspecified atom stereocenters. The minimum absolute atomic E-state index is 0.163. The Hall–Kier alpha value is -2.91. The number of nitrogens with one attached hydrogen (secondary N) is 1. The number of benzene rings is 1. The van der Waals surface area contributed by atoms with Gasteiger partial charge < -0.3 is 10.1 Å². The van der Waals surface area contributed by atoms with E-state index >= 15 is 0 Å². The van der Waals surface area contributed by atoms with Crippen molar-refractivity contribution in [3.05, 3.63) is 64.6 Å². The number of ether oxygens (including phenoxy) is 1. The Morgan fingerprint density at radius 2 is 2.14 bits per heavy atom. The first-order valence-electron chi connectivity index (χ1n) is 9.73. The first kappa shape index (κ1) is 20.8. The second kappa shape index (κ2) is 9.06. The number of hydrogen-bond acceptors (Lipinski definition) is 5. The van der Waals surface area contributed by atoms with E-state index in [0.29, 0.717) is 42.7 Å². The van der Waals surface area contributed by atoms with Gasteiger partial charge in [0.25, 0.3) is 0 Å². The summed E-state index contributed by atoms with van der Waals surface area (Å²) in [5, 5.41) is 13.4. The van der Waals surface area contributed by atoms with E-state index in [-0.39, 0.29) is 12.5 Å². The molecular formula is C23H24N2O3S. The molecule has 1 N–H and O–H groups in total. The van der Waals surface area contributed by atoms with Gasteiger partial charge in [-0.1, -0.05) is 36.4 Å².